The number of carbonyl (C=O) groups is 12. The summed E-state index contributed by atoms with van der Waals surface area (Å²) in [7, 11) is 0. The van der Waals surface area contributed by atoms with Gasteiger partial charge in [-0.3, -0.25) is 52.7 Å². The van der Waals surface area contributed by atoms with Crippen LogP contribution in [0.3, 0.4) is 0 Å². The molecule has 0 bridgehead atoms. The fourth-order valence-electron chi connectivity index (χ4n) is 8.78. The van der Waals surface area contributed by atoms with Crippen molar-refractivity contribution >= 4 is 71.1 Å². The molecule has 0 unspecified atom stereocenters. The van der Waals surface area contributed by atoms with Crippen molar-refractivity contribution in [2.45, 2.75) is 135 Å². The van der Waals surface area contributed by atoms with Crippen molar-refractivity contribution in [1.82, 2.24) is 42.1 Å². The van der Waals surface area contributed by atoms with Crippen LogP contribution in [-0.2, 0) is 57.5 Å². The Morgan fingerprint density at radius 2 is 1.18 bits per heavy atom. The Labute approximate surface area is 426 Å². The number of benzene rings is 2. The molecule has 4 rings (SSSR count). The summed E-state index contributed by atoms with van der Waals surface area (Å²) in [5, 5.41) is 44.6. The molecule has 0 spiro atoms. The highest BCUT2D eigenvalue weighted by Gasteiger charge is 2.45. The summed E-state index contributed by atoms with van der Waals surface area (Å²) in [5.41, 5.74) is 3.90. The number of fused-ring (bicyclic) bond motifs is 3. The van der Waals surface area contributed by atoms with Gasteiger partial charge in [-0.15, -0.1) is 0 Å². The van der Waals surface area contributed by atoms with Crippen LogP contribution in [0.2, 0.25) is 0 Å². The molecular formula is C50H66N8O16. The highest BCUT2D eigenvalue weighted by atomic mass is 16.5. The minimum absolute atomic E-state index is 0.0540. The molecule has 2 aliphatic rings. The number of nitrogens with zero attached hydrogens (tertiary/aromatic N) is 1. The molecule has 402 valence electrons. The lowest BCUT2D eigenvalue weighted by atomic mass is 9.98. The summed E-state index contributed by atoms with van der Waals surface area (Å²) < 4.78 is 5.75. The minimum Gasteiger partial charge on any atom is -0.481 e. The topological polar surface area (TPSA) is 362 Å². The molecule has 1 heterocycles. The first-order valence-corrected chi connectivity index (χ1v) is 24.3. The van der Waals surface area contributed by atoms with Gasteiger partial charge in [0.15, 0.2) is 0 Å². The van der Waals surface area contributed by atoms with Crippen molar-refractivity contribution in [2.24, 2.45) is 11.8 Å². The van der Waals surface area contributed by atoms with Gasteiger partial charge in [0.2, 0.25) is 41.2 Å². The molecule has 2 aromatic rings. The predicted molar refractivity (Wildman–Crippen MR) is 261 cm³/mol. The third-order valence-electron chi connectivity index (χ3n) is 12.5. The number of nitrogens with one attached hydrogen (secondary N) is 7. The molecule has 1 aliphatic carbocycles. The van der Waals surface area contributed by atoms with Crippen LogP contribution in [0.4, 0.5) is 4.79 Å². The van der Waals surface area contributed by atoms with Crippen LogP contribution in [0.15, 0.2) is 48.5 Å². The maximum Gasteiger partial charge on any atom is 0.407 e. The fourth-order valence-corrected chi connectivity index (χ4v) is 8.78. The number of amides is 8. The van der Waals surface area contributed by atoms with Crippen LogP contribution in [0.25, 0.3) is 11.1 Å². The standard InChI is InChI=1S/C50H66N8O16/c1-7-12-34(43(66)48(71)51-22-40(64)65)54-46(69)37-21-28(53-50(73)74-24-33-31-15-10-8-13-29(31)30-14-9-11-16-32(30)33)23-58(37)49(72)42(26(4)5)57-47(70)41(25(2)3)56-45(68)36(18-20-39(62)63)55-44(67)35(52-27(6)59)17-19-38(60)61/h8-11,13-16,25-26,28,33-37,41-42H,7,12,17-24H2,1-6H3,(H,51,71)(H,52,59)(H,53,73)(H,54,69)(H,55,67)(H,56,68)(H,57,70)(H,60,61)(H,62,63)(H,64,65)/t28-,34+,35+,36+,37+,41+,42+/m1/s1. The van der Waals surface area contributed by atoms with E-state index in [0.717, 1.165) is 34.1 Å². The number of carboxylic acids is 3. The first-order chi connectivity index (χ1) is 34.9. The van der Waals surface area contributed by atoms with Gasteiger partial charge in [-0.05, 0) is 59.8 Å². The van der Waals surface area contributed by atoms with Crippen molar-refractivity contribution in [1.29, 1.82) is 0 Å². The largest absolute Gasteiger partial charge is 0.481 e. The van der Waals surface area contributed by atoms with Gasteiger partial charge in [0.05, 0.1) is 12.1 Å². The molecule has 24 nitrogen and oxygen atoms in total. The predicted octanol–water partition coefficient (Wildman–Crippen LogP) is 0.550. The van der Waals surface area contributed by atoms with Crippen molar-refractivity contribution in [3.63, 3.8) is 0 Å². The summed E-state index contributed by atoms with van der Waals surface area (Å²) in [6, 6.07) is 5.71. The zero-order valence-electron chi connectivity index (χ0n) is 42.1. The maximum atomic E-state index is 14.8. The zero-order valence-corrected chi connectivity index (χ0v) is 42.1. The molecule has 10 N–H and O–H groups in total. The molecule has 0 radical (unpaired) electrons. The van der Waals surface area contributed by atoms with E-state index in [-0.39, 0.29) is 44.8 Å². The van der Waals surface area contributed by atoms with Crippen molar-refractivity contribution in [2.75, 3.05) is 19.7 Å². The van der Waals surface area contributed by atoms with Gasteiger partial charge in [-0.25, -0.2) is 4.79 Å². The lowest BCUT2D eigenvalue weighted by Gasteiger charge is -2.33. The van der Waals surface area contributed by atoms with Gasteiger partial charge in [0.25, 0.3) is 5.91 Å². The van der Waals surface area contributed by atoms with E-state index < -0.39 is 151 Å². The van der Waals surface area contributed by atoms with Crippen molar-refractivity contribution < 1.29 is 77.6 Å². The average Bonchev–Trinajstić information content (AvgIpc) is 3.91. The number of ether oxygens (including phenoxy) is 1. The highest BCUT2D eigenvalue weighted by molar-refractivity contribution is 6.38. The van der Waals surface area contributed by atoms with Crippen molar-refractivity contribution in [3.8, 4) is 11.1 Å². The van der Waals surface area contributed by atoms with Crippen LogP contribution in [-0.4, -0.2) is 153 Å². The second kappa shape index (κ2) is 27.2. The normalized spacial score (nSPS) is 16.7. The smallest absolute Gasteiger partial charge is 0.407 e. The molecule has 8 amide bonds. The van der Waals surface area contributed by atoms with Crippen LogP contribution in [0.1, 0.15) is 104 Å². The molecular weight excluding hydrogens is 969 g/mol. The van der Waals surface area contributed by atoms with Crippen LogP contribution in [0.5, 0.6) is 0 Å². The van der Waals surface area contributed by atoms with Crippen molar-refractivity contribution in [3.05, 3.63) is 59.7 Å². The summed E-state index contributed by atoms with van der Waals surface area (Å²) in [5.74, 6) is -13.5. The summed E-state index contributed by atoms with van der Waals surface area (Å²) >= 11 is 0. The van der Waals surface area contributed by atoms with E-state index in [9.17, 15) is 62.6 Å². The van der Waals surface area contributed by atoms with E-state index in [1.807, 2.05) is 53.8 Å². The van der Waals surface area contributed by atoms with E-state index in [0.29, 0.717) is 0 Å². The quantitative estimate of drug-likeness (QED) is 0.0546. The van der Waals surface area contributed by atoms with Gasteiger partial charge in [-0.1, -0.05) is 89.6 Å². The minimum atomic E-state index is -1.60. The summed E-state index contributed by atoms with van der Waals surface area (Å²) in [4.78, 5) is 157. The molecule has 1 fully saturated rings. The number of rotatable bonds is 27. The van der Waals surface area contributed by atoms with Crippen LogP contribution in [0, 0.1) is 11.8 Å². The van der Waals surface area contributed by atoms with Crippen LogP contribution >= 0.6 is 0 Å². The highest BCUT2D eigenvalue weighted by Crippen LogP contribution is 2.44. The Bertz CT molecular complexity index is 2420. The average molecular weight is 1040 g/mol. The van der Waals surface area contributed by atoms with E-state index >= 15 is 0 Å². The first kappa shape index (κ1) is 58.6. The monoisotopic (exact) mass is 1030 g/mol. The number of likely N-dealkylation sites (tertiary alicyclic amines) is 1. The number of hydrogen-bond acceptors (Lipinski definition) is 13. The van der Waals surface area contributed by atoms with Gasteiger partial charge in [0.1, 0.15) is 43.4 Å². The molecule has 74 heavy (non-hydrogen) atoms. The molecule has 2 aromatic carbocycles. The Morgan fingerprint density at radius 3 is 1.69 bits per heavy atom. The molecule has 24 heteroatoms. The van der Waals surface area contributed by atoms with Gasteiger partial charge in [0, 0.05) is 32.2 Å². The molecule has 0 aromatic heterocycles. The fraction of sp³-hybridized carbons (Fsp3) is 0.520. The molecule has 7 atom stereocenters. The van der Waals surface area contributed by atoms with Gasteiger partial charge in [-0.2, -0.15) is 0 Å². The number of ketones is 1. The Hall–Kier alpha value is -7.92. The van der Waals surface area contributed by atoms with E-state index in [2.05, 4.69) is 31.9 Å². The Balaban J connectivity index is 1.58. The van der Waals surface area contributed by atoms with Crippen LogP contribution < -0.4 is 37.2 Å². The molecule has 0 saturated carbocycles. The van der Waals surface area contributed by atoms with Gasteiger partial charge >= 0.3 is 24.0 Å². The van der Waals surface area contributed by atoms with E-state index in [4.69, 9.17) is 14.9 Å². The second-order valence-electron chi connectivity index (χ2n) is 18.8. The second-order valence-corrected chi connectivity index (χ2v) is 18.8. The maximum absolute atomic E-state index is 14.8. The van der Waals surface area contributed by atoms with E-state index in [1.165, 1.54) is 0 Å². The summed E-state index contributed by atoms with van der Waals surface area (Å²) in [6.07, 6.45) is -2.89. The number of aliphatic carboxylic acids is 3. The zero-order chi connectivity index (χ0) is 55.0. The SMILES string of the molecule is CCC[C@H](NC(=O)[C@@H]1C[C@@H](NC(=O)OCC2c3ccccc3-c3ccccc32)CN1C(=O)[C@@H](NC(=O)[C@@H](NC(=O)[C@H](CCC(=O)O)NC(=O)[C@H](CCC(=O)O)NC(C)=O)C(C)C)C(C)C)C(=O)C(=O)NCC(=O)O. The summed E-state index contributed by atoms with van der Waals surface area (Å²) in [6.45, 7) is 7.79. The third kappa shape index (κ3) is 16.3. The number of alkyl carbamates (subject to hydrolysis) is 1. The van der Waals surface area contributed by atoms with E-state index in [1.54, 1.807) is 34.6 Å². The number of hydrogen-bond donors (Lipinski definition) is 10. The first-order valence-electron chi connectivity index (χ1n) is 24.3. The Kier molecular flexibility index (Phi) is 21.6. The molecule has 1 saturated heterocycles. The number of carboxylic acid groups (broad SMARTS) is 3. The number of Topliss-reactive ketones (excluding diaryl/α,β-unsaturated/α-hetero) is 1. The third-order valence-corrected chi connectivity index (χ3v) is 12.5. The lowest BCUT2D eigenvalue weighted by Crippen LogP contribution is -2.61. The molecule has 1 aliphatic heterocycles. The Morgan fingerprint density at radius 1 is 0.649 bits per heavy atom. The number of carbonyl (C=O) groups excluding carboxylic acids is 9. The lowest BCUT2D eigenvalue weighted by molar-refractivity contribution is -0.145. The van der Waals surface area contributed by atoms with Gasteiger partial charge < -0.3 is 62.2 Å².